The molecule has 0 amide bonds. The van der Waals surface area contributed by atoms with Crippen LogP contribution in [-0.2, 0) is 0 Å². The molecule has 0 unspecified atom stereocenters. The summed E-state index contributed by atoms with van der Waals surface area (Å²) in [5, 5.41) is 7.96. The lowest BCUT2D eigenvalue weighted by atomic mass is 10.2. The van der Waals surface area contributed by atoms with Gasteiger partial charge in [-0.25, -0.2) is 0 Å². The predicted octanol–water partition coefficient (Wildman–Crippen LogP) is 5.27. The summed E-state index contributed by atoms with van der Waals surface area (Å²) in [6.45, 7) is 0. The van der Waals surface area contributed by atoms with E-state index in [9.17, 15) is 0 Å². The SMILES string of the molecule is c1ccc([P+](c2ccccc2)(c2ccc3[nH]ccc3c2)c2ccc3[nH]ccc3c2)cc1. The molecule has 6 aromatic rings. The topological polar surface area (TPSA) is 31.6 Å². The fourth-order valence-electron chi connectivity index (χ4n) is 4.70. The zero-order chi connectivity index (χ0) is 20.7. The van der Waals surface area contributed by atoms with Crippen molar-refractivity contribution >= 4 is 50.3 Å². The van der Waals surface area contributed by atoms with E-state index in [-0.39, 0.29) is 0 Å². The summed E-state index contributed by atoms with van der Waals surface area (Å²) in [5.74, 6) is 0. The highest BCUT2D eigenvalue weighted by atomic mass is 31.2. The lowest BCUT2D eigenvalue weighted by Crippen LogP contribution is -2.38. The quantitative estimate of drug-likeness (QED) is 0.366. The number of fused-ring (bicyclic) bond motifs is 2. The number of aromatic nitrogens is 2. The lowest BCUT2D eigenvalue weighted by Gasteiger charge is -2.27. The van der Waals surface area contributed by atoms with E-state index in [4.69, 9.17) is 0 Å². The van der Waals surface area contributed by atoms with Crippen molar-refractivity contribution in [2.45, 2.75) is 0 Å². The number of rotatable bonds is 4. The van der Waals surface area contributed by atoms with Crippen LogP contribution in [0.15, 0.2) is 122 Å². The second-order valence-electron chi connectivity index (χ2n) is 7.84. The van der Waals surface area contributed by atoms with Gasteiger partial charge < -0.3 is 9.97 Å². The van der Waals surface area contributed by atoms with Crippen LogP contribution in [0.1, 0.15) is 0 Å². The first-order valence-electron chi connectivity index (χ1n) is 10.5. The van der Waals surface area contributed by atoms with Crippen LogP contribution in [0.5, 0.6) is 0 Å². The molecule has 0 spiro atoms. The van der Waals surface area contributed by atoms with Crippen molar-refractivity contribution in [3.63, 3.8) is 0 Å². The van der Waals surface area contributed by atoms with Gasteiger partial charge in [-0.2, -0.15) is 0 Å². The van der Waals surface area contributed by atoms with Gasteiger partial charge in [-0.1, -0.05) is 36.4 Å². The molecule has 0 aliphatic carbocycles. The Morgan fingerprint density at radius 1 is 0.419 bits per heavy atom. The Morgan fingerprint density at radius 3 is 1.32 bits per heavy atom. The van der Waals surface area contributed by atoms with Crippen molar-refractivity contribution < 1.29 is 0 Å². The third-order valence-electron chi connectivity index (χ3n) is 6.14. The molecule has 0 saturated carbocycles. The van der Waals surface area contributed by atoms with Crippen LogP contribution in [0, 0.1) is 0 Å². The molecule has 0 aliphatic rings. The number of H-pyrrole nitrogens is 2. The molecule has 2 heterocycles. The molecule has 2 aromatic heterocycles. The first-order valence-corrected chi connectivity index (χ1v) is 12.3. The number of benzene rings is 4. The van der Waals surface area contributed by atoms with Crippen molar-refractivity contribution in [2.24, 2.45) is 0 Å². The van der Waals surface area contributed by atoms with Crippen LogP contribution in [0.2, 0.25) is 0 Å². The van der Waals surface area contributed by atoms with Crippen molar-refractivity contribution in [1.82, 2.24) is 9.97 Å². The van der Waals surface area contributed by atoms with E-state index in [2.05, 4.69) is 119 Å². The van der Waals surface area contributed by atoms with Crippen LogP contribution >= 0.6 is 7.26 Å². The van der Waals surface area contributed by atoms with Gasteiger partial charge in [0, 0.05) is 34.2 Å². The zero-order valence-corrected chi connectivity index (χ0v) is 17.9. The summed E-state index contributed by atoms with van der Waals surface area (Å²) in [6, 6.07) is 40.2. The number of aromatic amines is 2. The number of hydrogen-bond donors (Lipinski definition) is 2. The molecule has 0 radical (unpaired) electrons. The van der Waals surface area contributed by atoms with Gasteiger partial charge in [0.2, 0.25) is 0 Å². The van der Waals surface area contributed by atoms with Gasteiger partial charge in [0.25, 0.3) is 0 Å². The maximum atomic E-state index is 3.35. The third kappa shape index (κ3) is 2.84. The molecule has 0 fully saturated rings. The molecule has 0 aliphatic heterocycles. The van der Waals surface area contributed by atoms with Gasteiger partial charge in [0.15, 0.2) is 0 Å². The van der Waals surface area contributed by atoms with Crippen LogP contribution in [0.25, 0.3) is 21.8 Å². The minimum atomic E-state index is -2.09. The fraction of sp³-hybridized carbons (Fsp3) is 0. The smallest absolute Gasteiger partial charge is 0.144 e. The first-order chi connectivity index (χ1) is 15.4. The monoisotopic (exact) mass is 417 g/mol. The fourth-order valence-corrected chi connectivity index (χ4v) is 8.99. The third-order valence-corrected chi connectivity index (χ3v) is 10.4. The molecule has 4 aromatic carbocycles. The molecule has 0 saturated heterocycles. The summed E-state index contributed by atoms with van der Waals surface area (Å²) < 4.78 is 0. The highest BCUT2D eigenvalue weighted by molar-refractivity contribution is 8.01. The Morgan fingerprint density at radius 2 is 0.871 bits per heavy atom. The van der Waals surface area contributed by atoms with Gasteiger partial charge in [-0.15, -0.1) is 0 Å². The molecule has 0 atom stereocenters. The summed E-state index contributed by atoms with van der Waals surface area (Å²) in [5.41, 5.74) is 2.34. The second-order valence-corrected chi connectivity index (χ2v) is 11.2. The van der Waals surface area contributed by atoms with Crippen LogP contribution in [-0.4, -0.2) is 9.97 Å². The highest BCUT2D eigenvalue weighted by Gasteiger charge is 2.48. The average molecular weight is 417 g/mol. The van der Waals surface area contributed by atoms with E-state index in [1.165, 1.54) is 43.0 Å². The number of hydrogen-bond acceptors (Lipinski definition) is 0. The summed E-state index contributed by atoms with van der Waals surface area (Å²) in [4.78, 5) is 6.69. The highest BCUT2D eigenvalue weighted by Crippen LogP contribution is 2.54. The van der Waals surface area contributed by atoms with Crippen molar-refractivity contribution in [2.75, 3.05) is 0 Å². The Labute approximate surface area is 181 Å². The molecule has 2 N–H and O–H groups in total. The molecule has 0 bridgehead atoms. The Kier molecular flexibility index (Phi) is 4.26. The maximum absolute atomic E-state index is 3.35. The molecule has 6 rings (SSSR count). The molecule has 2 nitrogen and oxygen atoms in total. The summed E-state index contributed by atoms with van der Waals surface area (Å²) in [6.07, 6.45) is 4.04. The molecular formula is C28H22N2P+. The lowest BCUT2D eigenvalue weighted by molar-refractivity contribution is 1.48. The van der Waals surface area contributed by atoms with E-state index < -0.39 is 7.26 Å². The van der Waals surface area contributed by atoms with Gasteiger partial charge in [-0.05, 0) is 72.8 Å². The Hall–Kier alpha value is -3.61. The molecule has 3 heteroatoms. The van der Waals surface area contributed by atoms with Crippen LogP contribution < -0.4 is 21.2 Å². The van der Waals surface area contributed by atoms with Crippen molar-refractivity contribution in [3.8, 4) is 0 Å². The molecule has 148 valence electrons. The van der Waals surface area contributed by atoms with Gasteiger partial charge in [0.1, 0.15) is 28.5 Å². The normalized spacial score (nSPS) is 11.9. The Bertz CT molecular complexity index is 1360. The predicted molar refractivity (Wildman–Crippen MR) is 135 cm³/mol. The van der Waals surface area contributed by atoms with Gasteiger partial charge in [0.05, 0.1) is 0 Å². The van der Waals surface area contributed by atoms with E-state index >= 15 is 0 Å². The van der Waals surface area contributed by atoms with E-state index in [0.29, 0.717) is 0 Å². The minimum absolute atomic E-state index is 1.17. The van der Waals surface area contributed by atoms with Gasteiger partial charge in [-0.3, -0.25) is 0 Å². The summed E-state index contributed by atoms with van der Waals surface area (Å²) in [7, 11) is -2.09. The summed E-state index contributed by atoms with van der Waals surface area (Å²) >= 11 is 0. The molecule has 31 heavy (non-hydrogen) atoms. The largest absolute Gasteiger partial charge is 0.361 e. The van der Waals surface area contributed by atoms with E-state index in [1.807, 2.05) is 12.4 Å². The van der Waals surface area contributed by atoms with Crippen LogP contribution in [0.3, 0.4) is 0 Å². The Balaban J connectivity index is 1.76. The van der Waals surface area contributed by atoms with E-state index in [0.717, 1.165) is 0 Å². The standard InChI is InChI=1S/C28H22N2P/c1-3-7-23(8-4-1)31(24-9-5-2-6-10-24,25-11-13-27-21(19-25)15-17-29-27)26-12-14-28-22(20-26)16-18-30-28/h1-20,29-30H/q+1. The average Bonchev–Trinajstić information content (AvgIpc) is 3.50. The number of nitrogens with one attached hydrogen (secondary N) is 2. The van der Waals surface area contributed by atoms with Crippen LogP contribution in [0.4, 0.5) is 0 Å². The second kappa shape index (κ2) is 7.27. The van der Waals surface area contributed by atoms with E-state index in [1.54, 1.807) is 0 Å². The van der Waals surface area contributed by atoms with Crippen molar-refractivity contribution in [3.05, 3.63) is 122 Å². The molecular weight excluding hydrogens is 395 g/mol. The zero-order valence-electron chi connectivity index (χ0n) is 17.0. The maximum Gasteiger partial charge on any atom is 0.144 e. The van der Waals surface area contributed by atoms with Crippen molar-refractivity contribution in [1.29, 1.82) is 0 Å². The van der Waals surface area contributed by atoms with Gasteiger partial charge >= 0.3 is 0 Å². The first kappa shape index (κ1) is 18.2. The minimum Gasteiger partial charge on any atom is -0.361 e.